The summed E-state index contributed by atoms with van der Waals surface area (Å²) in [6, 6.07) is 115. The Kier molecular flexibility index (Phi) is 11.6. The summed E-state index contributed by atoms with van der Waals surface area (Å²) in [5.74, 6) is 0. The van der Waals surface area contributed by atoms with Crippen molar-refractivity contribution in [2.24, 2.45) is 0 Å². The highest BCUT2D eigenvalue weighted by molar-refractivity contribution is 6.94. The molecule has 0 atom stereocenters. The van der Waals surface area contributed by atoms with Crippen LogP contribution in [0.25, 0.3) is 88.7 Å². The van der Waals surface area contributed by atoms with Gasteiger partial charge in [-0.3, -0.25) is 0 Å². The minimum atomic E-state index is -0.260. The van der Waals surface area contributed by atoms with E-state index in [1.807, 2.05) is 0 Å². The van der Waals surface area contributed by atoms with Crippen molar-refractivity contribution in [1.82, 2.24) is 0 Å². The largest absolute Gasteiger partial charge is 0.456 e. The topological polar surface area (TPSA) is 22.9 Å². The number of rotatable bonds is 10. The fourth-order valence-corrected chi connectivity index (χ4v) is 12.9. The van der Waals surface area contributed by atoms with Crippen molar-refractivity contribution in [3.05, 3.63) is 315 Å². The molecule has 2 aliphatic rings. The molecule has 0 bridgehead atoms. The number of anilines is 8. The first-order chi connectivity index (χ1) is 41.2. The van der Waals surface area contributed by atoms with E-state index < -0.39 is 0 Å². The predicted molar refractivity (Wildman–Crippen MR) is 349 cm³/mol. The van der Waals surface area contributed by atoms with Crippen LogP contribution in [0.2, 0.25) is 0 Å². The third-order valence-corrected chi connectivity index (χ3v) is 16.8. The summed E-state index contributed by atoms with van der Waals surface area (Å²) in [7, 11) is 0. The Bertz CT molecular complexity index is 4600. The van der Waals surface area contributed by atoms with Gasteiger partial charge in [0.2, 0.25) is 0 Å². The van der Waals surface area contributed by atoms with Crippen LogP contribution in [-0.2, 0) is 0 Å². The molecule has 4 nitrogen and oxygen atoms in total. The molecule has 0 unspecified atom stereocenters. The highest BCUT2D eigenvalue weighted by Gasteiger charge is 2.47. The molecule has 2 aliphatic heterocycles. The molecule has 83 heavy (non-hydrogen) atoms. The second-order valence-electron chi connectivity index (χ2n) is 21.6. The van der Waals surface area contributed by atoms with Gasteiger partial charge in [-0.2, -0.15) is 0 Å². The lowest BCUT2D eigenvalue weighted by molar-refractivity contribution is 0.669. The lowest BCUT2D eigenvalue weighted by atomic mass is 9.43. The summed E-state index contributed by atoms with van der Waals surface area (Å²) in [5, 5.41) is 2.19. The Balaban J connectivity index is 0.976. The van der Waals surface area contributed by atoms with Crippen LogP contribution in [0, 0.1) is 0 Å². The molecular formula is C78H52BN3O. The van der Waals surface area contributed by atoms with E-state index in [1.165, 1.54) is 66.6 Å². The molecule has 0 amide bonds. The molecule has 13 aromatic carbocycles. The molecule has 388 valence electrons. The summed E-state index contributed by atoms with van der Waals surface area (Å²) in [4.78, 5) is 7.52. The number of hydrogen-bond acceptors (Lipinski definition) is 4. The average molecular weight is 1060 g/mol. The summed E-state index contributed by atoms with van der Waals surface area (Å²) in [6.07, 6.45) is 0. The maximum atomic E-state index is 7.09. The fraction of sp³-hybridized carbons (Fsp3) is 0. The zero-order valence-corrected chi connectivity index (χ0v) is 45.3. The molecule has 1 aromatic heterocycles. The molecule has 16 rings (SSSR count). The van der Waals surface area contributed by atoms with Crippen molar-refractivity contribution in [2.75, 3.05) is 14.6 Å². The first-order valence-corrected chi connectivity index (χ1v) is 28.5. The second kappa shape index (κ2) is 20.0. The number of furan rings is 1. The average Bonchev–Trinajstić information content (AvgIpc) is 2.35. The Morgan fingerprint density at radius 3 is 1.23 bits per heavy atom. The smallest absolute Gasteiger partial charge is 0.333 e. The Morgan fingerprint density at radius 1 is 0.301 bits per heavy atom. The number of hydrogen-bond donors (Lipinski definition) is 0. The van der Waals surface area contributed by atoms with E-state index in [9.17, 15) is 0 Å². The monoisotopic (exact) mass is 1060 g/mol. The fourth-order valence-electron chi connectivity index (χ4n) is 12.9. The van der Waals surface area contributed by atoms with Crippen LogP contribution in [0.5, 0.6) is 0 Å². The molecule has 0 saturated heterocycles. The lowest BCUT2D eigenvalue weighted by Gasteiger charge is -2.46. The van der Waals surface area contributed by atoms with Crippen LogP contribution in [0.1, 0.15) is 0 Å². The van der Waals surface area contributed by atoms with Gasteiger partial charge in [0.15, 0.2) is 0 Å². The van der Waals surface area contributed by atoms with E-state index in [-0.39, 0.29) is 6.85 Å². The standard InChI is InChI=1S/C78H52BN3O/c1-6-18-53(19-7-1)58-30-39-63(40-31-58)80(64-41-32-59(33-42-64)54-20-8-2-9-21-54)67-47-49-71-69(51-67)77-76-68-28-16-17-29-74(68)83-75(76)52-73-78(77)79(82(71)66-45-36-61(37-46-66)56-24-12-4-13-25-56)70-50-62(57-26-14-5-15-27-57)38-48-72(70)81(73)65-43-34-60(35-44-65)55-22-10-3-11-23-55/h1-52H. The molecule has 14 aromatic rings. The van der Waals surface area contributed by atoms with Crippen molar-refractivity contribution in [1.29, 1.82) is 0 Å². The normalized spacial score (nSPS) is 12.3. The van der Waals surface area contributed by atoms with Gasteiger partial charge in [-0.25, -0.2) is 0 Å². The molecular weight excluding hydrogens is 1010 g/mol. The van der Waals surface area contributed by atoms with Gasteiger partial charge < -0.3 is 19.0 Å². The van der Waals surface area contributed by atoms with E-state index in [0.717, 1.165) is 78.6 Å². The van der Waals surface area contributed by atoms with Crippen molar-refractivity contribution in [3.8, 4) is 66.8 Å². The first kappa shape index (κ1) is 48.1. The maximum absolute atomic E-state index is 7.09. The van der Waals surface area contributed by atoms with E-state index in [2.05, 4.69) is 330 Å². The van der Waals surface area contributed by atoms with E-state index >= 15 is 0 Å². The van der Waals surface area contributed by atoms with Crippen LogP contribution in [0.4, 0.5) is 45.5 Å². The summed E-state index contributed by atoms with van der Waals surface area (Å²) < 4.78 is 7.09. The second-order valence-corrected chi connectivity index (χ2v) is 21.6. The zero-order chi connectivity index (χ0) is 54.8. The van der Waals surface area contributed by atoms with Crippen LogP contribution in [0.15, 0.2) is 320 Å². The third kappa shape index (κ3) is 8.32. The van der Waals surface area contributed by atoms with Gasteiger partial charge in [0.05, 0.1) is 0 Å². The molecule has 0 aliphatic carbocycles. The van der Waals surface area contributed by atoms with E-state index in [4.69, 9.17) is 4.42 Å². The van der Waals surface area contributed by atoms with Gasteiger partial charge in [-0.15, -0.1) is 0 Å². The first-order valence-electron chi connectivity index (χ1n) is 28.5. The quantitative estimate of drug-likeness (QED) is 0.127. The van der Waals surface area contributed by atoms with Gasteiger partial charge in [-0.1, -0.05) is 231 Å². The highest BCUT2D eigenvalue weighted by atomic mass is 16.3. The zero-order valence-electron chi connectivity index (χ0n) is 45.3. The third-order valence-electron chi connectivity index (χ3n) is 16.8. The van der Waals surface area contributed by atoms with Gasteiger partial charge >= 0.3 is 6.85 Å². The molecule has 0 N–H and O–H groups in total. The van der Waals surface area contributed by atoms with Crippen molar-refractivity contribution in [3.63, 3.8) is 0 Å². The number of benzene rings is 13. The van der Waals surface area contributed by atoms with Gasteiger partial charge in [0, 0.05) is 67.9 Å². The summed E-state index contributed by atoms with van der Waals surface area (Å²) >= 11 is 0. The molecule has 0 fully saturated rings. The lowest BCUT2D eigenvalue weighted by Crippen LogP contribution is -2.61. The molecule has 5 heteroatoms. The minimum absolute atomic E-state index is 0.260. The minimum Gasteiger partial charge on any atom is -0.456 e. The highest BCUT2D eigenvalue weighted by Crippen LogP contribution is 2.53. The molecule has 0 radical (unpaired) electrons. The van der Waals surface area contributed by atoms with Crippen molar-refractivity contribution >= 4 is 85.2 Å². The van der Waals surface area contributed by atoms with Gasteiger partial charge in [-0.05, 0) is 151 Å². The van der Waals surface area contributed by atoms with Gasteiger partial charge in [0.1, 0.15) is 11.2 Å². The van der Waals surface area contributed by atoms with Crippen molar-refractivity contribution in [2.45, 2.75) is 0 Å². The number of para-hydroxylation sites is 1. The SMILES string of the molecule is c1ccc(-c2ccc(N3B4c5cc(-c6ccccc6)ccc5N(c5ccc(-c6ccccc6)cc5)c5cc6oc7ccccc7c6c(c54)-c4cc(N(c5ccc(-c6ccccc6)cc5)c5ccc(-c6ccccc6)cc5)ccc43)cc2)cc1. The summed E-state index contributed by atoms with van der Waals surface area (Å²) in [5.41, 5.74) is 26.8. The summed E-state index contributed by atoms with van der Waals surface area (Å²) in [6.45, 7) is -0.260. The molecule has 0 saturated carbocycles. The maximum Gasteiger partial charge on any atom is 0.333 e. The number of fused-ring (bicyclic) bond motifs is 8. The Hall–Kier alpha value is -10.9. The Labute approximate surface area is 483 Å². The van der Waals surface area contributed by atoms with Crippen LogP contribution >= 0.6 is 0 Å². The predicted octanol–water partition coefficient (Wildman–Crippen LogP) is 20.1. The number of nitrogens with zero attached hydrogens (tertiary/aromatic N) is 3. The molecule has 3 heterocycles. The van der Waals surface area contributed by atoms with Crippen molar-refractivity contribution < 1.29 is 4.42 Å². The van der Waals surface area contributed by atoms with Crippen LogP contribution < -0.4 is 25.5 Å². The van der Waals surface area contributed by atoms with E-state index in [1.54, 1.807) is 0 Å². The molecule has 0 spiro atoms. The van der Waals surface area contributed by atoms with Gasteiger partial charge in [0.25, 0.3) is 0 Å². The van der Waals surface area contributed by atoms with Crippen LogP contribution in [-0.4, -0.2) is 6.85 Å². The van der Waals surface area contributed by atoms with E-state index in [0.29, 0.717) is 0 Å². The van der Waals surface area contributed by atoms with Crippen LogP contribution in [0.3, 0.4) is 0 Å². The Morgan fingerprint density at radius 2 is 0.711 bits per heavy atom.